The Morgan fingerprint density at radius 3 is 2.46 bits per heavy atom. The molecule has 2 rings (SSSR count). The Hall–Kier alpha value is -1.59. The Kier molecular flexibility index (Phi) is 8.05. The van der Waals surface area contributed by atoms with Crippen molar-refractivity contribution in [3.8, 4) is 0 Å². The molecule has 0 radical (unpaired) electrons. The van der Waals surface area contributed by atoms with Gasteiger partial charge in [-0.2, -0.15) is 0 Å². The van der Waals surface area contributed by atoms with Crippen molar-refractivity contribution in [2.45, 2.75) is 39.8 Å². The monoisotopic (exact) mass is 333 g/mol. The van der Waals surface area contributed by atoms with Crippen LogP contribution in [0.25, 0.3) is 0 Å². The van der Waals surface area contributed by atoms with Crippen molar-refractivity contribution in [1.29, 1.82) is 0 Å². The molecule has 0 spiro atoms. The van der Waals surface area contributed by atoms with E-state index >= 15 is 0 Å². The summed E-state index contributed by atoms with van der Waals surface area (Å²) in [5.74, 6) is 0. The van der Waals surface area contributed by atoms with Gasteiger partial charge in [-0.05, 0) is 24.5 Å². The van der Waals surface area contributed by atoms with Gasteiger partial charge in [-0.1, -0.05) is 37.6 Å². The van der Waals surface area contributed by atoms with Crippen molar-refractivity contribution in [3.05, 3.63) is 35.4 Å². The van der Waals surface area contributed by atoms with Crippen LogP contribution in [0, 0.1) is 0 Å². The maximum atomic E-state index is 12.2. The van der Waals surface area contributed by atoms with Gasteiger partial charge in [-0.3, -0.25) is 4.90 Å². The maximum absolute atomic E-state index is 12.2. The van der Waals surface area contributed by atoms with E-state index < -0.39 is 0 Å². The number of urea groups is 1. The zero-order chi connectivity index (χ0) is 17.2. The number of carbonyl (C=O) groups is 1. The number of carbonyl (C=O) groups excluding carboxylic acids is 1. The fourth-order valence-corrected chi connectivity index (χ4v) is 2.82. The van der Waals surface area contributed by atoms with Crippen LogP contribution < -0.4 is 5.32 Å². The summed E-state index contributed by atoms with van der Waals surface area (Å²) in [6.45, 7) is 11.0. The summed E-state index contributed by atoms with van der Waals surface area (Å²) in [5, 5.41) is 3.02. The smallest absolute Gasteiger partial charge is 0.317 e. The zero-order valence-electron chi connectivity index (χ0n) is 15.1. The number of rotatable bonds is 8. The fraction of sp³-hybridized carbons (Fsp3) is 0.632. The molecule has 1 N–H and O–H groups in total. The van der Waals surface area contributed by atoms with Crippen molar-refractivity contribution in [3.63, 3.8) is 0 Å². The van der Waals surface area contributed by atoms with E-state index in [2.05, 4.69) is 41.4 Å². The molecule has 1 aliphatic heterocycles. The Morgan fingerprint density at radius 1 is 1.17 bits per heavy atom. The van der Waals surface area contributed by atoms with E-state index in [1.807, 2.05) is 11.8 Å². The molecule has 5 nitrogen and oxygen atoms in total. The second-order valence-corrected chi connectivity index (χ2v) is 6.30. The molecule has 2 amide bonds. The van der Waals surface area contributed by atoms with Gasteiger partial charge in [0.2, 0.25) is 0 Å². The minimum atomic E-state index is 0.0309. The molecule has 5 heteroatoms. The first kappa shape index (κ1) is 18.7. The Bertz CT molecular complexity index is 484. The number of unbranched alkanes of at least 4 members (excludes halogenated alkanes) is 1. The molecule has 0 unspecified atom stereocenters. The second kappa shape index (κ2) is 10.3. The van der Waals surface area contributed by atoms with Gasteiger partial charge in [0.15, 0.2) is 0 Å². The minimum Gasteiger partial charge on any atom is -0.379 e. The number of ether oxygens (including phenoxy) is 1. The number of hydrogen-bond acceptors (Lipinski definition) is 3. The number of nitrogens with one attached hydrogen (secondary N) is 1. The number of nitrogens with zero attached hydrogens (tertiary/aromatic N) is 2. The lowest BCUT2D eigenvalue weighted by Gasteiger charge is -2.26. The van der Waals surface area contributed by atoms with E-state index in [0.717, 1.165) is 64.3 Å². The van der Waals surface area contributed by atoms with Crippen molar-refractivity contribution >= 4 is 6.03 Å². The number of morpholine rings is 1. The summed E-state index contributed by atoms with van der Waals surface area (Å²) in [5.41, 5.74) is 2.45. The van der Waals surface area contributed by atoms with E-state index in [4.69, 9.17) is 4.74 Å². The Morgan fingerprint density at radius 2 is 1.83 bits per heavy atom. The highest BCUT2D eigenvalue weighted by atomic mass is 16.5. The largest absolute Gasteiger partial charge is 0.379 e. The van der Waals surface area contributed by atoms with Crippen molar-refractivity contribution < 1.29 is 9.53 Å². The van der Waals surface area contributed by atoms with Crippen LogP contribution in [0.15, 0.2) is 24.3 Å². The fourth-order valence-electron chi connectivity index (χ4n) is 2.82. The van der Waals surface area contributed by atoms with Crippen LogP contribution in [0.5, 0.6) is 0 Å². The topological polar surface area (TPSA) is 44.8 Å². The van der Waals surface area contributed by atoms with Gasteiger partial charge in [0.1, 0.15) is 0 Å². The van der Waals surface area contributed by atoms with Gasteiger partial charge in [-0.15, -0.1) is 0 Å². The molecule has 1 aliphatic rings. The molecule has 1 aromatic rings. The lowest BCUT2D eigenvalue weighted by atomic mass is 10.1. The first-order chi connectivity index (χ1) is 11.7. The molecule has 0 atom stereocenters. The highest BCUT2D eigenvalue weighted by molar-refractivity contribution is 5.74. The quantitative estimate of drug-likeness (QED) is 0.796. The standard InChI is InChI=1S/C19H31N3O2/c1-3-5-10-22(4-2)19(23)20-15-17-6-8-18(9-7-17)16-21-11-13-24-14-12-21/h6-9H,3-5,10-16H2,1-2H3,(H,20,23). The normalized spacial score (nSPS) is 15.2. The molecule has 1 fully saturated rings. The van der Waals surface area contributed by atoms with Gasteiger partial charge in [0, 0.05) is 39.3 Å². The average Bonchev–Trinajstić information content (AvgIpc) is 2.62. The predicted octanol–water partition coefficient (Wildman–Crippen LogP) is 2.85. The maximum Gasteiger partial charge on any atom is 0.317 e. The highest BCUT2D eigenvalue weighted by Gasteiger charge is 2.11. The third-order valence-corrected chi connectivity index (χ3v) is 4.43. The summed E-state index contributed by atoms with van der Waals surface area (Å²) in [4.78, 5) is 16.5. The minimum absolute atomic E-state index is 0.0309. The van der Waals surface area contributed by atoms with Gasteiger partial charge in [0.25, 0.3) is 0 Å². The molecule has 0 aliphatic carbocycles. The van der Waals surface area contributed by atoms with Gasteiger partial charge < -0.3 is 15.0 Å². The third kappa shape index (κ3) is 6.13. The zero-order valence-corrected chi connectivity index (χ0v) is 15.1. The highest BCUT2D eigenvalue weighted by Crippen LogP contribution is 2.09. The summed E-state index contributed by atoms with van der Waals surface area (Å²) in [7, 11) is 0. The van der Waals surface area contributed by atoms with Crippen LogP contribution in [0.3, 0.4) is 0 Å². The van der Waals surface area contributed by atoms with Crippen LogP contribution in [0.2, 0.25) is 0 Å². The lowest BCUT2D eigenvalue weighted by Crippen LogP contribution is -2.40. The van der Waals surface area contributed by atoms with E-state index in [-0.39, 0.29) is 6.03 Å². The van der Waals surface area contributed by atoms with Crippen LogP contribution in [0.1, 0.15) is 37.8 Å². The van der Waals surface area contributed by atoms with E-state index in [1.54, 1.807) is 0 Å². The molecule has 1 heterocycles. The molecule has 0 aromatic heterocycles. The van der Waals surface area contributed by atoms with E-state index in [0.29, 0.717) is 6.54 Å². The van der Waals surface area contributed by atoms with Crippen molar-refractivity contribution in [2.75, 3.05) is 39.4 Å². The molecule has 0 bridgehead atoms. The molecular formula is C19H31N3O2. The molecule has 0 saturated carbocycles. The van der Waals surface area contributed by atoms with Crippen molar-refractivity contribution in [2.24, 2.45) is 0 Å². The predicted molar refractivity (Wildman–Crippen MR) is 96.9 cm³/mol. The average molecular weight is 333 g/mol. The van der Waals surface area contributed by atoms with Crippen LogP contribution in [-0.4, -0.2) is 55.2 Å². The second-order valence-electron chi connectivity index (χ2n) is 6.30. The van der Waals surface area contributed by atoms with E-state index in [1.165, 1.54) is 5.56 Å². The molecule has 1 aromatic carbocycles. The number of hydrogen-bond donors (Lipinski definition) is 1. The third-order valence-electron chi connectivity index (χ3n) is 4.43. The van der Waals surface area contributed by atoms with Crippen LogP contribution in [-0.2, 0) is 17.8 Å². The summed E-state index contributed by atoms with van der Waals surface area (Å²) in [6.07, 6.45) is 2.16. The van der Waals surface area contributed by atoms with Gasteiger partial charge in [0.05, 0.1) is 13.2 Å². The number of benzene rings is 1. The lowest BCUT2D eigenvalue weighted by molar-refractivity contribution is 0.0342. The summed E-state index contributed by atoms with van der Waals surface area (Å²) < 4.78 is 5.38. The molecule has 1 saturated heterocycles. The summed E-state index contributed by atoms with van der Waals surface area (Å²) in [6, 6.07) is 8.57. The van der Waals surface area contributed by atoms with Crippen molar-refractivity contribution in [1.82, 2.24) is 15.1 Å². The first-order valence-corrected chi connectivity index (χ1v) is 9.13. The van der Waals surface area contributed by atoms with Gasteiger partial charge in [-0.25, -0.2) is 4.79 Å². The van der Waals surface area contributed by atoms with Crippen LogP contribution in [0.4, 0.5) is 4.79 Å². The van der Waals surface area contributed by atoms with E-state index in [9.17, 15) is 4.79 Å². The summed E-state index contributed by atoms with van der Waals surface area (Å²) >= 11 is 0. The van der Waals surface area contributed by atoms with Gasteiger partial charge >= 0.3 is 6.03 Å². The molecular weight excluding hydrogens is 302 g/mol. The molecule has 134 valence electrons. The molecule has 24 heavy (non-hydrogen) atoms. The Labute approximate surface area is 146 Å². The number of amides is 2. The SMILES string of the molecule is CCCCN(CC)C(=O)NCc1ccc(CN2CCOCC2)cc1. The first-order valence-electron chi connectivity index (χ1n) is 9.13. The van der Waals surface area contributed by atoms with Crippen LogP contribution >= 0.6 is 0 Å². The Balaban J connectivity index is 1.77.